The highest BCUT2D eigenvalue weighted by Crippen LogP contribution is 2.19. The highest BCUT2D eigenvalue weighted by molar-refractivity contribution is 5.90. The molecule has 0 bridgehead atoms. The van der Waals surface area contributed by atoms with Gasteiger partial charge >= 0.3 is 0 Å². The van der Waals surface area contributed by atoms with Crippen molar-refractivity contribution < 1.29 is 9.32 Å². The second-order valence-electron chi connectivity index (χ2n) is 6.36. The van der Waals surface area contributed by atoms with Gasteiger partial charge in [-0.05, 0) is 24.1 Å². The first-order valence-electron chi connectivity index (χ1n) is 7.60. The van der Waals surface area contributed by atoms with Crippen LogP contribution in [0.2, 0.25) is 0 Å². The minimum absolute atomic E-state index is 0.0521. The Hall–Kier alpha value is -2.17. The molecule has 1 N–H and O–H groups in total. The average molecular weight is 301 g/mol. The highest BCUT2D eigenvalue weighted by Gasteiger charge is 2.21. The number of benzene rings is 1. The molecule has 5 nitrogen and oxygen atoms in total. The molecule has 0 unspecified atom stereocenters. The Balaban J connectivity index is 1.88. The van der Waals surface area contributed by atoms with Crippen molar-refractivity contribution in [3.63, 3.8) is 0 Å². The fraction of sp³-hybridized carbons (Fsp3) is 0.471. The van der Waals surface area contributed by atoms with Crippen molar-refractivity contribution in [3.8, 4) is 0 Å². The summed E-state index contributed by atoms with van der Waals surface area (Å²) in [5.41, 5.74) is 1.87. The van der Waals surface area contributed by atoms with Gasteiger partial charge in [-0.2, -0.15) is 4.98 Å². The van der Waals surface area contributed by atoms with Crippen LogP contribution < -0.4 is 5.32 Å². The van der Waals surface area contributed by atoms with Gasteiger partial charge in [0.2, 0.25) is 11.8 Å². The molecular formula is C17H23N3O2. The lowest BCUT2D eigenvalue weighted by molar-refractivity contribution is -0.116. The second-order valence-corrected chi connectivity index (χ2v) is 6.36. The average Bonchev–Trinajstić information content (AvgIpc) is 2.94. The van der Waals surface area contributed by atoms with Crippen LogP contribution >= 0.6 is 0 Å². The van der Waals surface area contributed by atoms with E-state index < -0.39 is 0 Å². The van der Waals surface area contributed by atoms with E-state index in [1.54, 1.807) is 0 Å². The number of carbonyl (C=O) groups is 1. The van der Waals surface area contributed by atoms with Crippen LogP contribution in [0, 0.1) is 0 Å². The fourth-order valence-corrected chi connectivity index (χ4v) is 1.97. The third kappa shape index (κ3) is 4.41. The zero-order valence-corrected chi connectivity index (χ0v) is 13.6. The number of carbonyl (C=O) groups excluding carboxylic acids is 1. The van der Waals surface area contributed by atoms with E-state index in [-0.39, 0.29) is 11.3 Å². The molecule has 0 fully saturated rings. The monoisotopic (exact) mass is 301 g/mol. The van der Waals surface area contributed by atoms with E-state index in [0.717, 1.165) is 12.1 Å². The van der Waals surface area contributed by atoms with Crippen LogP contribution in [-0.4, -0.2) is 16.0 Å². The summed E-state index contributed by atoms with van der Waals surface area (Å²) in [6, 6.07) is 7.87. The molecule has 118 valence electrons. The molecule has 0 aliphatic carbocycles. The maximum atomic E-state index is 12.0. The number of hydrogen-bond donors (Lipinski definition) is 1. The zero-order chi connectivity index (χ0) is 16.2. The summed E-state index contributed by atoms with van der Waals surface area (Å²) >= 11 is 0. The first-order chi connectivity index (χ1) is 10.4. The molecule has 1 heterocycles. The third-order valence-corrected chi connectivity index (χ3v) is 3.32. The minimum atomic E-state index is -0.148. The highest BCUT2D eigenvalue weighted by atomic mass is 16.5. The van der Waals surface area contributed by atoms with Crippen LogP contribution in [0.3, 0.4) is 0 Å². The molecule has 0 saturated carbocycles. The molecule has 2 aromatic rings. The van der Waals surface area contributed by atoms with Crippen LogP contribution in [-0.2, 0) is 23.1 Å². The Morgan fingerprint density at radius 3 is 2.73 bits per heavy atom. The molecule has 0 atom stereocenters. The molecule has 0 saturated heterocycles. The van der Waals surface area contributed by atoms with Crippen molar-refractivity contribution in [3.05, 3.63) is 41.5 Å². The first kappa shape index (κ1) is 16.2. The molecule has 22 heavy (non-hydrogen) atoms. The van der Waals surface area contributed by atoms with Crippen molar-refractivity contribution in [2.75, 3.05) is 5.32 Å². The van der Waals surface area contributed by atoms with E-state index in [2.05, 4.69) is 22.4 Å². The molecule has 0 aliphatic heterocycles. The maximum Gasteiger partial charge on any atom is 0.227 e. The zero-order valence-electron chi connectivity index (χ0n) is 13.6. The van der Waals surface area contributed by atoms with Gasteiger partial charge in [0, 0.05) is 23.9 Å². The molecule has 1 aromatic heterocycles. The molecule has 0 aliphatic rings. The molecule has 2 rings (SSSR count). The van der Waals surface area contributed by atoms with Crippen molar-refractivity contribution in [1.29, 1.82) is 0 Å². The van der Waals surface area contributed by atoms with Gasteiger partial charge in [0.1, 0.15) is 0 Å². The summed E-state index contributed by atoms with van der Waals surface area (Å²) < 4.78 is 5.19. The van der Waals surface area contributed by atoms with Crippen LogP contribution in [0.4, 0.5) is 5.69 Å². The van der Waals surface area contributed by atoms with Gasteiger partial charge in [-0.25, -0.2) is 0 Å². The van der Waals surface area contributed by atoms with Crippen LogP contribution in [0.1, 0.15) is 51.4 Å². The van der Waals surface area contributed by atoms with Crippen molar-refractivity contribution >= 4 is 11.6 Å². The summed E-state index contributed by atoms with van der Waals surface area (Å²) in [6.07, 6.45) is 1.71. The number of nitrogens with zero attached hydrogens (tertiary/aromatic N) is 2. The summed E-state index contributed by atoms with van der Waals surface area (Å²) in [5, 5.41) is 6.85. The molecular weight excluding hydrogens is 278 g/mol. The van der Waals surface area contributed by atoms with Crippen LogP contribution in [0.15, 0.2) is 28.8 Å². The Kier molecular flexibility index (Phi) is 4.96. The van der Waals surface area contributed by atoms with Gasteiger partial charge in [0.25, 0.3) is 0 Å². The van der Waals surface area contributed by atoms with Gasteiger partial charge in [-0.3, -0.25) is 4.79 Å². The normalized spacial score (nSPS) is 11.5. The minimum Gasteiger partial charge on any atom is -0.339 e. The summed E-state index contributed by atoms with van der Waals surface area (Å²) in [5.74, 6) is 1.12. The molecule has 5 heteroatoms. The number of aromatic nitrogens is 2. The van der Waals surface area contributed by atoms with E-state index in [9.17, 15) is 4.79 Å². The van der Waals surface area contributed by atoms with E-state index in [0.29, 0.717) is 24.6 Å². The lowest BCUT2D eigenvalue weighted by atomic mass is 9.96. The van der Waals surface area contributed by atoms with Crippen molar-refractivity contribution in [1.82, 2.24) is 10.1 Å². The first-order valence-corrected chi connectivity index (χ1v) is 7.60. The predicted molar refractivity (Wildman–Crippen MR) is 85.8 cm³/mol. The van der Waals surface area contributed by atoms with Gasteiger partial charge in [-0.1, -0.05) is 45.0 Å². The number of aryl methyl sites for hydroxylation is 2. The van der Waals surface area contributed by atoms with Gasteiger partial charge in [0.15, 0.2) is 5.82 Å². The number of hydrogen-bond acceptors (Lipinski definition) is 4. The van der Waals surface area contributed by atoms with Gasteiger partial charge in [0.05, 0.1) is 0 Å². The topological polar surface area (TPSA) is 68.0 Å². The third-order valence-electron chi connectivity index (χ3n) is 3.32. The van der Waals surface area contributed by atoms with Crippen LogP contribution in [0.5, 0.6) is 0 Å². The van der Waals surface area contributed by atoms with E-state index in [1.807, 2.05) is 45.0 Å². The molecule has 1 aromatic carbocycles. The summed E-state index contributed by atoms with van der Waals surface area (Å²) in [7, 11) is 0. The number of amides is 1. The quantitative estimate of drug-likeness (QED) is 0.917. The second kappa shape index (κ2) is 6.73. The van der Waals surface area contributed by atoms with Crippen molar-refractivity contribution in [2.45, 2.75) is 52.4 Å². The fourth-order valence-electron chi connectivity index (χ4n) is 1.97. The number of anilines is 1. The SMILES string of the molecule is CCc1cccc(NC(=O)CCc2nc(C(C)(C)C)no2)c1. The largest absolute Gasteiger partial charge is 0.339 e. The van der Waals surface area contributed by atoms with Crippen molar-refractivity contribution in [2.24, 2.45) is 0 Å². The molecule has 1 amide bonds. The number of rotatable bonds is 5. The van der Waals surface area contributed by atoms with E-state index >= 15 is 0 Å². The molecule has 0 radical (unpaired) electrons. The Bertz CT molecular complexity index is 641. The lowest BCUT2D eigenvalue weighted by Crippen LogP contribution is -2.14. The number of nitrogens with one attached hydrogen (secondary N) is 1. The Labute approximate surface area is 131 Å². The maximum absolute atomic E-state index is 12.0. The van der Waals surface area contributed by atoms with E-state index in [4.69, 9.17) is 4.52 Å². The standard InChI is InChI=1S/C17H23N3O2/c1-5-12-7-6-8-13(11-12)18-14(21)9-10-15-19-16(20-22-15)17(2,3)4/h6-8,11H,5,9-10H2,1-4H3,(H,18,21). The van der Waals surface area contributed by atoms with E-state index in [1.165, 1.54) is 5.56 Å². The van der Waals surface area contributed by atoms with Crippen LogP contribution in [0.25, 0.3) is 0 Å². The van der Waals surface area contributed by atoms with Gasteiger partial charge < -0.3 is 9.84 Å². The van der Waals surface area contributed by atoms with Gasteiger partial charge in [-0.15, -0.1) is 0 Å². The summed E-state index contributed by atoms with van der Waals surface area (Å²) in [4.78, 5) is 16.3. The summed E-state index contributed by atoms with van der Waals surface area (Å²) in [6.45, 7) is 8.16. The lowest BCUT2D eigenvalue weighted by Gasteiger charge is -2.10. The molecule has 0 spiro atoms. The predicted octanol–water partition coefficient (Wildman–Crippen LogP) is 3.50. The Morgan fingerprint density at radius 1 is 1.32 bits per heavy atom. The Morgan fingerprint density at radius 2 is 2.09 bits per heavy atom. The smallest absolute Gasteiger partial charge is 0.227 e.